The fraction of sp³-hybridized carbons (Fsp3) is 0.600. The van der Waals surface area contributed by atoms with Crippen LogP contribution in [0, 0.1) is 5.92 Å². The number of fused-ring (bicyclic) bond motifs is 1. The van der Waals surface area contributed by atoms with Crippen molar-refractivity contribution in [3.8, 4) is 0 Å². The zero-order chi connectivity index (χ0) is 14.8. The third-order valence-electron chi connectivity index (χ3n) is 4.34. The van der Waals surface area contributed by atoms with Crippen LogP contribution in [0.5, 0.6) is 0 Å². The van der Waals surface area contributed by atoms with Crippen LogP contribution in [-0.2, 0) is 17.8 Å². The van der Waals surface area contributed by atoms with Crippen LogP contribution >= 0.6 is 0 Å². The SMILES string of the molecule is NC1C=CC(C(=O)NC2CCCc3c2cnn3CCO)C1. The molecule has 1 aromatic rings. The summed E-state index contributed by atoms with van der Waals surface area (Å²) in [5.41, 5.74) is 8.04. The highest BCUT2D eigenvalue weighted by molar-refractivity contribution is 5.81. The average molecular weight is 290 g/mol. The molecule has 2 aliphatic rings. The summed E-state index contributed by atoms with van der Waals surface area (Å²) in [6.07, 6.45) is 9.23. The van der Waals surface area contributed by atoms with Crippen molar-refractivity contribution in [1.82, 2.24) is 15.1 Å². The van der Waals surface area contributed by atoms with Crippen molar-refractivity contribution in [1.29, 1.82) is 0 Å². The second-order valence-corrected chi connectivity index (χ2v) is 5.84. The van der Waals surface area contributed by atoms with E-state index >= 15 is 0 Å². The summed E-state index contributed by atoms with van der Waals surface area (Å²) in [5.74, 6) is -0.0650. The smallest absolute Gasteiger partial charge is 0.227 e. The van der Waals surface area contributed by atoms with Gasteiger partial charge in [-0.05, 0) is 25.7 Å². The molecule has 6 heteroatoms. The van der Waals surface area contributed by atoms with E-state index in [4.69, 9.17) is 10.8 Å². The molecule has 0 spiro atoms. The maximum Gasteiger partial charge on any atom is 0.227 e. The lowest BCUT2D eigenvalue weighted by atomic mass is 9.92. The summed E-state index contributed by atoms with van der Waals surface area (Å²) in [7, 11) is 0. The topological polar surface area (TPSA) is 93.2 Å². The van der Waals surface area contributed by atoms with Gasteiger partial charge in [0.2, 0.25) is 5.91 Å². The summed E-state index contributed by atoms with van der Waals surface area (Å²) in [4.78, 5) is 12.3. The van der Waals surface area contributed by atoms with Gasteiger partial charge in [0.25, 0.3) is 0 Å². The fourth-order valence-electron chi connectivity index (χ4n) is 3.26. The molecule has 2 aliphatic carbocycles. The number of carbonyl (C=O) groups is 1. The number of nitrogens with zero attached hydrogens (tertiary/aromatic N) is 2. The Labute approximate surface area is 124 Å². The number of aliphatic hydroxyl groups is 1. The minimum Gasteiger partial charge on any atom is -0.394 e. The molecule has 3 unspecified atom stereocenters. The van der Waals surface area contributed by atoms with Crippen molar-refractivity contribution >= 4 is 5.91 Å². The van der Waals surface area contributed by atoms with Crippen LogP contribution < -0.4 is 11.1 Å². The van der Waals surface area contributed by atoms with E-state index in [9.17, 15) is 4.79 Å². The van der Waals surface area contributed by atoms with Crippen molar-refractivity contribution in [2.24, 2.45) is 11.7 Å². The van der Waals surface area contributed by atoms with Crippen molar-refractivity contribution in [3.63, 3.8) is 0 Å². The first-order chi connectivity index (χ1) is 10.2. The Hall–Kier alpha value is -1.66. The van der Waals surface area contributed by atoms with Gasteiger partial charge in [-0.25, -0.2) is 0 Å². The summed E-state index contributed by atoms with van der Waals surface area (Å²) < 4.78 is 1.85. The van der Waals surface area contributed by atoms with Crippen molar-refractivity contribution in [2.75, 3.05) is 6.61 Å². The molecule has 0 saturated heterocycles. The molecule has 1 aromatic heterocycles. The molecular weight excluding hydrogens is 268 g/mol. The van der Waals surface area contributed by atoms with E-state index < -0.39 is 0 Å². The van der Waals surface area contributed by atoms with Gasteiger partial charge in [0.05, 0.1) is 31.3 Å². The van der Waals surface area contributed by atoms with Crippen LogP contribution in [0.3, 0.4) is 0 Å². The molecule has 6 nitrogen and oxygen atoms in total. The molecule has 1 amide bonds. The van der Waals surface area contributed by atoms with Gasteiger partial charge in [-0.2, -0.15) is 5.10 Å². The summed E-state index contributed by atoms with van der Waals surface area (Å²) in [6.45, 7) is 0.589. The zero-order valence-corrected chi connectivity index (χ0v) is 12.0. The number of carbonyl (C=O) groups excluding carboxylic acids is 1. The maximum atomic E-state index is 12.3. The van der Waals surface area contributed by atoms with E-state index in [1.54, 1.807) is 0 Å². The van der Waals surface area contributed by atoms with Gasteiger partial charge in [0, 0.05) is 17.3 Å². The molecule has 0 fully saturated rings. The van der Waals surface area contributed by atoms with E-state index in [1.165, 1.54) is 0 Å². The first-order valence-corrected chi connectivity index (χ1v) is 7.58. The van der Waals surface area contributed by atoms with E-state index in [2.05, 4.69) is 10.4 Å². The maximum absolute atomic E-state index is 12.3. The van der Waals surface area contributed by atoms with Gasteiger partial charge in [-0.15, -0.1) is 0 Å². The molecule has 0 radical (unpaired) electrons. The number of aliphatic hydroxyl groups excluding tert-OH is 1. The van der Waals surface area contributed by atoms with Crippen molar-refractivity contribution in [2.45, 2.75) is 44.3 Å². The van der Waals surface area contributed by atoms with Gasteiger partial charge in [-0.3, -0.25) is 9.48 Å². The highest BCUT2D eigenvalue weighted by Crippen LogP contribution is 2.30. The van der Waals surface area contributed by atoms with Gasteiger partial charge < -0.3 is 16.2 Å². The second kappa shape index (κ2) is 5.99. The number of amides is 1. The molecule has 3 atom stereocenters. The van der Waals surface area contributed by atoms with E-state index in [1.807, 2.05) is 23.0 Å². The van der Waals surface area contributed by atoms with Gasteiger partial charge >= 0.3 is 0 Å². The molecule has 4 N–H and O–H groups in total. The Morgan fingerprint density at radius 3 is 3.10 bits per heavy atom. The Morgan fingerprint density at radius 1 is 1.52 bits per heavy atom. The molecular formula is C15H22N4O2. The Kier molecular flexibility index (Phi) is 4.07. The largest absolute Gasteiger partial charge is 0.394 e. The van der Waals surface area contributed by atoms with Crippen molar-refractivity contribution < 1.29 is 9.90 Å². The van der Waals surface area contributed by atoms with E-state index in [0.29, 0.717) is 13.0 Å². The number of aromatic nitrogens is 2. The summed E-state index contributed by atoms with van der Waals surface area (Å²) >= 11 is 0. The summed E-state index contributed by atoms with van der Waals surface area (Å²) in [5, 5.41) is 16.5. The molecule has 114 valence electrons. The lowest BCUT2D eigenvalue weighted by molar-refractivity contribution is -0.124. The van der Waals surface area contributed by atoms with E-state index in [0.717, 1.165) is 30.5 Å². The molecule has 0 bridgehead atoms. The third kappa shape index (κ3) is 2.87. The Bertz CT molecular complexity index is 552. The predicted molar refractivity (Wildman–Crippen MR) is 78.4 cm³/mol. The third-order valence-corrected chi connectivity index (χ3v) is 4.34. The van der Waals surface area contributed by atoms with E-state index in [-0.39, 0.29) is 30.5 Å². The summed E-state index contributed by atoms with van der Waals surface area (Å²) in [6, 6.07) is 0.0221. The van der Waals surface area contributed by atoms with Crippen LogP contribution in [0.2, 0.25) is 0 Å². The number of nitrogens with two attached hydrogens (primary N) is 1. The normalized spacial score (nSPS) is 27.6. The number of rotatable bonds is 4. The molecule has 0 aliphatic heterocycles. The Morgan fingerprint density at radius 2 is 2.38 bits per heavy atom. The molecule has 3 rings (SSSR count). The number of hydrogen-bond donors (Lipinski definition) is 3. The molecule has 0 aromatic carbocycles. The van der Waals surface area contributed by atoms with Crippen LogP contribution in [0.1, 0.15) is 36.6 Å². The highest BCUT2D eigenvalue weighted by atomic mass is 16.3. The molecule has 21 heavy (non-hydrogen) atoms. The standard InChI is InChI=1S/C15H22N4O2/c16-11-5-4-10(8-11)15(21)18-13-2-1-3-14-12(13)9-17-19(14)6-7-20/h4-5,9-11,13,20H,1-3,6-8,16H2,(H,18,21). The lowest BCUT2D eigenvalue weighted by Gasteiger charge is -2.25. The van der Waals surface area contributed by atoms with Crippen LogP contribution in [0.4, 0.5) is 0 Å². The van der Waals surface area contributed by atoms with Crippen LogP contribution in [0.15, 0.2) is 18.3 Å². The van der Waals surface area contributed by atoms with Gasteiger partial charge in [-0.1, -0.05) is 12.2 Å². The lowest BCUT2D eigenvalue weighted by Crippen LogP contribution is -2.35. The molecule has 0 saturated carbocycles. The number of nitrogens with one attached hydrogen (secondary N) is 1. The van der Waals surface area contributed by atoms with Crippen molar-refractivity contribution in [3.05, 3.63) is 29.6 Å². The quantitative estimate of drug-likeness (QED) is 0.694. The van der Waals surface area contributed by atoms with Crippen LogP contribution in [-0.4, -0.2) is 33.4 Å². The monoisotopic (exact) mass is 290 g/mol. The first kappa shape index (κ1) is 14.3. The predicted octanol–water partition coefficient (Wildman–Crippen LogP) is 0.272. The van der Waals surface area contributed by atoms with Gasteiger partial charge in [0.15, 0.2) is 0 Å². The highest BCUT2D eigenvalue weighted by Gasteiger charge is 2.29. The minimum atomic E-state index is -0.113. The average Bonchev–Trinajstić information content (AvgIpc) is 3.07. The minimum absolute atomic E-state index is 0.00466. The second-order valence-electron chi connectivity index (χ2n) is 5.84. The first-order valence-electron chi connectivity index (χ1n) is 7.58. The Balaban J connectivity index is 1.70. The van der Waals surface area contributed by atoms with Gasteiger partial charge in [0.1, 0.15) is 0 Å². The zero-order valence-electron chi connectivity index (χ0n) is 12.0. The van der Waals surface area contributed by atoms with Crippen LogP contribution in [0.25, 0.3) is 0 Å². The fourth-order valence-corrected chi connectivity index (χ4v) is 3.26. The number of hydrogen-bond acceptors (Lipinski definition) is 4. The molecule has 1 heterocycles.